The molecule has 0 saturated heterocycles. The fraction of sp³-hybridized carbons (Fsp3) is 0.0476. The van der Waals surface area contributed by atoms with Crippen LogP contribution in [0.5, 0.6) is 0 Å². The van der Waals surface area contributed by atoms with Gasteiger partial charge in [0, 0.05) is 23.9 Å². The van der Waals surface area contributed by atoms with Gasteiger partial charge in [0.25, 0.3) is 5.56 Å². The van der Waals surface area contributed by atoms with Crippen molar-refractivity contribution in [2.24, 2.45) is 5.73 Å². The lowest BCUT2D eigenvalue weighted by atomic mass is 9.97. The third kappa shape index (κ3) is 3.47. The summed E-state index contributed by atoms with van der Waals surface area (Å²) in [7, 11) is 0. The lowest BCUT2D eigenvalue weighted by molar-refractivity contribution is 0.628. The van der Waals surface area contributed by atoms with E-state index in [1.165, 1.54) is 12.3 Å². The molecule has 3 N–H and O–H groups in total. The van der Waals surface area contributed by atoms with E-state index >= 15 is 0 Å². The normalized spacial score (nSPS) is 10.6. The number of halogens is 2. The number of aromatic amines is 1. The summed E-state index contributed by atoms with van der Waals surface area (Å²) in [6.45, 7) is 0.267. The Balaban J connectivity index is 0.00000210. The number of nitrogens with zero attached hydrogens (tertiary/aromatic N) is 1. The van der Waals surface area contributed by atoms with Gasteiger partial charge in [0.15, 0.2) is 0 Å². The zero-order chi connectivity index (χ0) is 18.1. The lowest BCUT2D eigenvalue weighted by Gasteiger charge is -2.12. The molecule has 0 unspecified atom stereocenters. The molecule has 0 fully saturated rings. The van der Waals surface area contributed by atoms with Crippen LogP contribution >= 0.6 is 12.4 Å². The zero-order valence-electron chi connectivity index (χ0n) is 14.3. The number of pyridine rings is 2. The first-order valence-electron chi connectivity index (χ1n) is 8.24. The van der Waals surface area contributed by atoms with E-state index < -0.39 is 0 Å². The molecule has 0 radical (unpaired) electrons. The van der Waals surface area contributed by atoms with E-state index in [-0.39, 0.29) is 30.3 Å². The van der Waals surface area contributed by atoms with Crippen molar-refractivity contribution in [3.63, 3.8) is 0 Å². The molecule has 2 heterocycles. The van der Waals surface area contributed by atoms with Gasteiger partial charge in [0.2, 0.25) is 0 Å². The quantitative estimate of drug-likeness (QED) is 0.556. The first kappa shape index (κ1) is 18.8. The highest BCUT2D eigenvalue weighted by molar-refractivity contribution is 5.91. The minimum Gasteiger partial charge on any atom is -0.328 e. The summed E-state index contributed by atoms with van der Waals surface area (Å²) < 4.78 is 14.7. The third-order valence-electron chi connectivity index (χ3n) is 4.36. The van der Waals surface area contributed by atoms with Crippen molar-refractivity contribution in [1.82, 2.24) is 9.97 Å². The number of rotatable bonds is 3. The monoisotopic (exact) mass is 381 g/mol. The molecule has 136 valence electrons. The van der Waals surface area contributed by atoms with Crippen LogP contribution in [-0.4, -0.2) is 9.97 Å². The highest BCUT2D eigenvalue weighted by atomic mass is 35.5. The molecule has 2 aromatic carbocycles. The van der Waals surface area contributed by atoms with Gasteiger partial charge < -0.3 is 10.7 Å². The molecule has 0 aliphatic carbocycles. The average Bonchev–Trinajstić information content (AvgIpc) is 2.68. The molecular weight excluding hydrogens is 365 g/mol. The zero-order valence-corrected chi connectivity index (χ0v) is 15.1. The number of fused-ring (bicyclic) bond motifs is 1. The summed E-state index contributed by atoms with van der Waals surface area (Å²) in [5.41, 5.74) is 9.05. The van der Waals surface area contributed by atoms with Gasteiger partial charge in [-0.1, -0.05) is 36.4 Å². The molecule has 4 nitrogen and oxygen atoms in total. The van der Waals surface area contributed by atoms with Gasteiger partial charge in [-0.2, -0.15) is 0 Å². The molecule has 27 heavy (non-hydrogen) atoms. The third-order valence-corrected chi connectivity index (χ3v) is 4.36. The number of benzene rings is 2. The maximum Gasteiger partial charge on any atom is 0.257 e. The van der Waals surface area contributed by atoms with Crippen LogP contribution in [0.3, 0.4) is 0 Å². The van der Waals surface area contributed by atoms with Crippen LogP contribution in [-0.2, 0) is 6.54 Å². The topological polar surface area (TPSA) is 71.8 Å². The Kier molecular flexibility index (Phi) is 5.35. The number of hydrogen-bond donors (Lipinski definition) is 2. The Bertz CT molecular complexity index is 1160. The second-order valence-corrected chi connectivity index (χ2v) is 6.01. The van der Waals surface area contributed by atoms with Crippen molar-refractivity contribution in [2.45, 2.75) is 6.54 Å². The van der Waals surface area contributed by atoms with Gasteiger partial charge in [0.1, 0.15) is 5.82 Å². The smallest absolute Gasteiger partial charge is 0.257 e. The fourth-order valence-electron chi connectivity index (χ4n) is 3.03. The molecule has 0 aliphatic heterocycles. The van der Waals surface area contributed by atoms with Crippen LogP contribution in [0, 0.1) is 5.82 Å². The summed E-state index contributed by atoms with van der Waals surface area (Å²) in [5, 5.41) is 0.467. The maximum absolute atomic E-state index is 14.7. The van der Waals surface area contributed by atoms with E-state index in [4.69, 9.17) is 5.73 Å². The predicted molar refractivity (Wildman–Crippen MR) is 108 cm³/mol. The molecular formula is C21H17ClFN3O. The Morgan fingerprint density at radius 3 is 2.48 bits per heavy atom. The minimum absolute atomic E-state index is 0. The number of nitrogens with two attached hydrogens (primary N) is 1. The second kappa shape index (κ2) is 7.70. The number of hydrogen-bond acceptors (Lipinski definition) is 3. The van der Waals surface area contributed by atoms with Crippen molar-refractivity contribution in [1.29, 1.82) is 0 Å². The molecule has 6 heteroatoms. The Labute approximate surface area is 161 Å². The number of H-pyrrole nitrogens is 1. The standard InChI is InChI=1S/C21H16FN3O.ClH/c22-18-10-13(12-23)6-7-15(18)20-16(14-4-2-1-3-5-14)11-17-19(25-20)8-9-24-21(17)26;/h1-11H,12,23H2,(H,24,26);1H. The van der Waals surface area contributed by atoms with E-state index in [1.807, 2.05) is 30.3 Å². The van der Waals surface area contributed by atoms with Crippen molar-refractivity contribution < 1.29 is 4.39 Å². The lowest BCUT2D eigenvalue weighted by Crippen LogP contribution is -2.06. The van der Waals surface area contributed by atoms with Gasteiger partial charge in [0.05, 0.1) is 16.6 Å². The van der Waals surface area contributed by atoms with E-state index in [9.17, 15) is 9.18 Å². The second-order valence-electron chi connectivity index (χ2n) is 6.01. The van der Waals surface area contributed by atoms with Crippen molar-refractivity contribution in [3.8, 4) is 22.4 Å². The summed E-state index contributed by atoms with van der Waals surface area (Å²) in [4.78, 5) is 19.4. The highest BCUT2D eigenvalue weighted by Gasteiger charge is 2.16. The Morgan fingerprint density at radius 2 is 1.78 bits per heavy atom. The largest absolute Gasteiger partial charge is 0.328 e. The van der Waals surface area contributed by atoms with Gasteiger partial charge in [-0.3, -0.25) is 4.79 Å². The van der Waals surface area contributed by atoms with Crippen LogP contribution < -0.4 is 11.3 Å². The number of nitrogens with one attached hydrogen (secondary N) is 1. The van der Waals surface area contributed by atoms with E-state index in [0.29, 0.717) is 33.3 Å². The van der Waals surface area contributed by atoms with Crippen molar-refractivity contribution in [3.05, 3.63) is 88.6 Å². The Morgan fingerprint density at radius 1 is 1.00 bits per heavy atom. The van der Waals surface area contributed by atoms with E-state index in [0.717, 1.165) is 5.56 Å². The first-order chi connectivity index (χ1) is 12.7. The summed E-state index contributed by atoms with van der Waals surface area (Å²) >= 11 is 0. The van der Waals surface area contributed by atoms with Crippen LogP contribution in [0.15, 0.2) is 71.7 Å². The van der Waals surface area contributed by atoms with Crippen LogP contribution in [0.25, 0.3) is 33.3 Å². The molecule has 4 aromatic rings. The van der Waals surface area contributed by atoms with Crippen LogP contribution in [0.1, 0.15) is 5.56 Å². The maximum atomic E-state index is 14.7. The molecule has 0 spiro atoms. The SMILES string of the molecule is Cl.NCc1ccc(-c2nc3cc[nH]c(=O)c3cc2-c2ccccc2)c(F)c1. The average molecular weight is 382 g/mol. The van der Waals surface area contributed by atoms with Crippen molar-refractivity contribution >= 4 is 23.3 Å². The molecule has 0 amide bonds. The van der Waals surface area contributed by atoms with Gasteiger partial charge in [-0.25, -0.2) is 9.37 Å². The molecule has 0 aliphatic rings. The van der Waals surface area contributed by atoms with Gasteiger partial charge in [-0.05, 0) is 35.4 Å². The van der Waals surface area contributed by atoms with E-state index in [1.54, 1.807) is 24.3 Å². The molecule has 0 saturated carbocycles. The van der Waals surface area contributed by atoms with Gasteiger partial charge in [-0.15, -0.1) is 12.4 Å². The number of aromatic nitrogens is 2. The minimum atomic E-state index is -0.387. The van der Waals surface area contributed by atoms with Crippen LogP contribution in [0.4, 0.5) is 4.39 Å². The molecule has 0 atom stereocenters. The Hall–Kier alpha value is -3.02. The van der Waals surface area contributed by atoms with E-state index in [2.05, 4.69) is 9.97 Å². The molecule has 0 bridgehead atoms. The molecule has 4 rings (SSSR count). The summed E-state index contributed by atoms with van der Waals surface area (Å²) in [5.74, 6) is -0.387. The first-order valence-corrected chi connectivity index (χ1v) is 8.24. The van der Waals surface area contributed by atoms with Gasteiger partial charge >= 0.3 is 0 Å². The molecule has 2 aromatic heterocycles. The predicted octanol–water partition coefficient (Wildman–Crippen LogP) is 4.28. The fourth-order valence-corrected chi connectivity index (χ4v) is 3.03. The van der Waals surface area contributed by atoms with Crippen LogP contribution in [0.2, 0.25) is 0 Å². The van der Waals surface area contributed by atoms with Crippen molar-refractivity contribution in [2.75, 3.05) is 0 Å². The summed E-state index contributed by atoms with van der Waals surface area (Å²) in [6.07, 6.45) is 1.54. The highest BCUT2D eigenvalue weighted by Crippen LogP contribution is 2.34. The summed E-state index contributed by atoms with van der Waals surface area (Å²) in [6, 6.07) is 17.9.